The topological polar surface area (TPSA) is 167 Å². The van der Waals surface area contributed by atoms with Crippen LogP contribution in [0.1, 0.15) is 38.9 Å². The molecule has 0 spiro atoms. The number of hydrogen-bond donors (Lipinski definition) is 0. The van der Waals surface area contributed by atoms with Crippen molar-refractivity contribution in [1.82, 2.24) is 0 Å². The van der Waals surface area contributed by atoms with Crippen LogP contribution in [0.4, 0.5) is 26.3 Å². The minimum Gasteiger partial charge on any atom is -0.192 e. The van der Waals surface area contributed by atoms with Crippen LogP contribution in [0, 0.1) is 79.3 Å². The fourth-order valence-corrected chi connectivity index (χ4v) is 3.28. The van der Waals surface area contributed by atoms with E-state index >= 15 is 0 Å². The SMILES string of the molecule is N#CC(C#N)=c1cc(C#N)c(=C(C#N)c2c(C#N)c(C#N)cc(C(F)(F)F)c2C(F)(F)F)c(C#N)c1. The van der Waals surface area contributed by atoms with Crippen LogP contribution >= 0.6 is 0 Å². The van der Waals surface area contributed by atoms with E-state index in [4.69, 9.17) is 10.5 Å². The Morgan fingerprint density at radius 2 is 1.11 bits per heavy atom. The molecule has 2 rings (SSSR count). The number of halogens is 6. The van der Waals surface area contributed by atoms with Gasteiger partial charge in [0.2, 0.25) is 0 Å². The summed E-state index contributed by atoms with van der Waals surface area (Å²) in [4.78, 5) is 0. The van der Waals surface area contributed by atoms with E-state index in [1.165, 1.54) is 42.5 Å². The fraction of sp³-hybridized carbons (Fsp3) is 0.0870. The summed E-state index contributed by atoms with van der Waals surface area (Å²) in [6.07, 6.45) is -11.5. The molecule has 2 aromatic carbocycles. The Balaban J connectivity index is 3.55. The Kier molecular flexibility index (Phi) is 7.04. The highest BCUT2D eigenvalue weighted by Crippen LogP contribution is 2.45. The van der Waals surface area contributed by atoms with Crippen LogP contribution in [0.5, 0.6) is 0 Å². The lowest BCUT2D eigenvalue weighted by Gasteiger charge is -2.21. The molecule has 0 aliphatic heterocycles. The first-order valence-corrected chi connectivity index (χ1v) is 8.93. The maximum Gasteiger partial charge on any atom is 0.417 e. The third-order valence-electron chi connectivity index (χ3n) is 4.65. The monoisotopic (exact) mass is 491 g/mol. The Bertz CT molecular complexity index is 1670. The number of hydrogen-bond acceptors (Lipinski definition) is 7. The summed E-state index contributed by atoms with van der Waals surface area (Å²) < 4.78 is 82.9. The minimum absolute atomic E-state index is 0.180. The minimum atomic E-state index is -5.82. The molecule has 0 saturated carbocycles. The summed E-state index contributed by atoms with van der Waals surface area (Å²) in [5.41, 5.74) is -12.3. The van der Waals surface area contributed by atoms with E-state index in [2.05, 4.69) is 0 Å². The largest absolute Gasteiger partial charge is 0.417 e. The molecule has 0 unspecified atom stereocenters. The van der Waals surface area contributed by atoms with Crippen molar-refractivity contribution in [2.24, 2.45) is 0 Å². The van der Waals surface area contributed by atoms with Crippen molar-refractivity contribution in [3.8, 4) is 42.5 Å². The second-order valence-electron chi connectivity index (χ2n) is 6.57. The summed E-state index contributed by atoms with van der Waals surface area (Å²) in [5, 5.41) is 64.4. The highest BCUT2D eigenvalue weighted by Gasteiger charge is 2.47. The lowest BCUT2D eigenvalue weighted by molar-refractivity contribution is -0.162. The van der Waals surface area contributed by atoms with Crippen LogP contribution in [0.3, 0.4) is 0 Å². The first-order chi connectivity index (χ1) is 16.8. The first-order valence-electron chi connectivity index (χ1n) is 8.93. The molecular formula is C23H3F6N7. The second-order valence-corrected chi connectivity index (χ2v) is 6.57. The molecule has 0 fully saturated rings. The lowest BCUT2D eigenvalue weighted by atomic mass is 9.85. The molecule has 0 amide bonds. The summed E-state index contributed by atoms with van der Waals surface area (Å²) in [6.45, 7) is 0. The molecule has 0 aliphatic rings. The molecule has 36 heavy (non-hydrogen) atoms. The normalized spacial score (nSPS) is 10.3. The number of nitrogens with zero attached hydrogens (tertiary/aromatic N) is 7. The molecule has 0 aliphatic carbocycles. The Morgan fingerprint density at radius 3 is 1.44 bits per heavy atom. The van der Waals surface area contributed by atoms with Crippen molar-refractivity contribution in [2.75, 3.05) is 0 Å². The molecule has 172 valence electrons. The van der Waals surface area contributed by atoms with E-state index in [9.17, 15) is 52.7 Å². The summed E-state index contributed by atoms with van der Waals surface area (Å²) >= 11 is 0. The second kappa shape index (κ2) is 9.59. The molecule has 0 bridgehead atoms. The summed E-state index contributed by atoms with van der Waals surface area (Å²) in [6, 6.07) is 10.8. The van der Waals surface area contributed by atoms with Crippen LogP contribution in [-0.4, -0.2) is 0 Å². The van der Waals surface area contributed by atoms with Gasteiger partial charge in [-0.05, 0) is 18.2 Å². The van der Waals surface area contributed by atoms with Gasteiger partial charge in [-0.1, -0.05) is 0 Å². The van der Waals surface area contributed by atoms with Crippen LogP contribution in [-0.2, 0) is 12.4 Å². The van der Waals surface area contributed by atoms with E-state index in [-0.39, 0.29) is 11.3 Å². The summed E-state index contributed by atoms with van der Waals surface area (Å²) in [5.74, 6) is 0. The van der Waals surface area contributed by atoms with Gasteiger partial charge >= 0.3 is 12.4 Å². The van der Waals surface area contributed by atoms with Crippen molar-refractivity contribution >= 4 is 11.1 Å². The van der Waals surface area contributed by atoms with Gasteiger partial charge in [0.15, 0.2) is 0 Å². The van der Waals surface area contributed by atoms with Crippen molar-refractivity contribution in [1.29, 1.82) is 36.8 Å². The van der Waals surface area contributed by atoms with Gasteiger partial charge in [-0.2, -0.15) is 63.2 Å². The maximum absolute atomic E-state index is 14.0. The third kappa shape index (κ3) is 4.48. The average Bonchev–Trinajstić information content (AvgIpc) is 2.83. The van der Waals surface area contributed by atoms with E-state index in [0.717, 1.165) is 12.1 Å². The molecule has 0 N–H and O–H groups in total. The van der Waals surface area contributed by atoms with Gasteiger partial charge in [-0.3, -0.25) is 0 Å². The van der Waals surface area contributed by atoms with Gasteiger partial charge in [0, 0.05) is 16.0 Å². The zero-order valence-electron chi connectivity index (χ0n) is 17.1. The fourth-order valence-electron chi connectivity index (χ4n) is 3.28. The molecule has 13 heteroatoms. The molecule has 7 nitrogen and oxygen atoms in total. The quantitative estimate of drug-likeness (QED) is 0.552. The lowest BCUT2D eigenvalue weighted by Crippen LogP contribution is -2.26. The molecular weight excluding hydrogens is 488 g/mol. The highest BCUT2D eigenvalue weighted by atomic mass is 19.4. The highest BCUT2D eigenvalue weighted by molar-refractivity contribution is 5.86. The Hall–Kier alpha value is -5.81. The Morgan fingerprint density at radius 1 is 0.611 bits per heavy atom. The van der Waals surface area contributed by atoms with Crippen molar-refractivity contribution < 1.29 is 26.3 Å². The van der Waals surface area contributed by atoms with Crippen molar-refractivity contribution in [2.45, 2.75) is 12.4 Å². The van der Waals surface area contributed by atoms with E-state index < -0.39 is 67.7 Å². The molecule has 0 aromatic heterocycles. The molecule has 0 saturated heterocycles. The van der Waals surface area contributed by atoms with E-state index in [1.807, 2.05) is 0 Å². The molecule has 0 heterocycles. The summed E-state index contributed by atoms with van der Waals surface area (Å²) in [7, 11) is 0. The van der Waals surface area contributed by atoms with Gasteiger partial charge in [0.1, 0.15) is 35.9 Å². The van der Waals surface area contributed by atoms with Crippen LogP contribution in [0.15, 0.2) is 18.2 Å². The van der Waals surface area contributed by atoms with E-state index in [0.29, 0.717) is 0 Å². The third-order valence-corrected chi connectivity index (χ3v) is 4.65. The predicted octanol–water partition coefficient (Wildman–Crippen LogP) is 3.13. The van der Waals surface area contributed by atoms with Crippen LogP contribution in [0.2, 0.25) is 0 Å². The van der Waals surface area contributed by atoms with Gasteiger partial charge in [0.05, 0.1) is 51.1 Å². The number of nitriles is 7. The van der Waals surface area contributed by atoms with E-state index in [1.54, 1.807) is 0 Å². The predicted molar refractivity (Wildman–Crippen MR) is 104 cm³/mol. The smallest absolute Gasteiger partial charge is 0.192 e. The Labute approximate surface area is 197 Å². The van der Waals surface area contributed by atoms with Gasteiger partial charge in [-0.25, -0.2) is 0 Å². The molecule has 0 atom stereocenters. The van der Waals surface area contributed by atoms with Gasteiger partial charge < -0.3 is 0 Å². The number of benzene rings is 2. The van der Waals surface area contributed by atoms with Gasteiger partial charge in [0.25, 0.3) is 0 Å². The first kappa shape index (κ1) is 26.4. The van der Waals surface area contributed by atoms with Gasteiger partial charge in [-0.15, -0.1) is 0 Å². The molecule has 2 aromatic rings. The van der Waals surface area contributed by atoms with Crippen molar-refractivity contribution in [3.63, 3.8) is 0 Å². The van der Waals surface area contributed by atoms with Crippen LogP contribution < -0.4 is 10.4 Å². The standard InChI is InChI=1S/C23H3F6N7/c24-22(25,26)18-3-12(4-30)16(9-35)20(21(18)23(27,28)29)17(10-36)19-13(5-31)1-11(2-14(19)6-32)15(7-33)8-34/h1-3H. The molecule has 0 radical (unpaired) electrons. The average molecular weight is 491 g/mol. The van der Waals surface area contributed by atoms with Crippen LogP contribution in [0.25, 0.3) is 11.1 Å². The maximum atomic E-state index is 14.0. The number of rotatable bonds is 1. The van der Waals surface area contributed by atoms with Crippen molar-refractivity contribution in [3.05, 3.63) is 67.6 Å². The number of alkyl halides is 6. The zero-order valence-corrected chi connectivity index (χ0v) is 17.1. The zero-order chi connectivity index (χ0) is 27.4.